The molecule has 0 aliphatic carbocycles. The zero-order chi connectivity index (χ0) is 36.2. The van der Waals surface area contributed by atoms with Crippen LogP contribution in [0.15, 0.2) is 91.6 Å². The molecule has 0 saturated carbocycles. The fraction of sp³-hybridized carbons (Fsp3) is 0.0370. The number of hydrogen-bond donors (Lipinski definition) is 4. The van der Waals surface area contributed by atoms with Crippen LogP contribution in [0.1, 0.15) is 6.92 Å². The van der Waals surface area contributed by atoms with Crippen LogP contribution >= 0.6 is 12.0 Å². The molecule has 0 aliphatic rings. The monoisotopic (exact) mass is 814 g/mol. The van der Waals surface area contributed by atoms with Crippen LogP contribution < -0.4 is 110 Å². The number of phenolic OH excluding ortho intramolecular Hbond substituents is 1. The fourth-order valence-electron chi connectivity index (χ4n) is 4.28. The molecule has 0 fully saturated rings. The molecule has 0 spiro atoms. The van der Waals surface area contributed by atoms with Gasteiger partial charge in [0, 0.05) is 29.4 Å². The van der Waals surface area contributed by atoms with E-state index in [2.05, 4.69) is 50.5 Å². The Morgan fingerprint density at radius 2 is 1.49 bits per heavy atom. The summed E-state index contributed by atoms with van der Waals surface area (Å²) in [4.78, 5) is 20.9. The summed E-state index contributed by atoms with van der Waals surface area (Å²) in [7, 11) is -9.97. The number of nitrogens with zero attached hydrogens (tertiary/aromatic N) is 5. The normalized spacial score (nSPS) is 11.3. The van der Waals surface area contributed by atoms with E-state index < -0.39 is 59.4 Å². The van der Waals surface area contributed by atoms with E-state index in [0.717, 1.165) is 30.3 Å². The summed E-state index contributed by atoms with van der Waals surface area (Å²) in [6.07, 6.45) is -1.30. The first-order valence-corrected chi connectivity index (χ1v) is 16.9. The number of azo groups is 1. The molecule has 4 N–H and O–H groups in total. The number of phenols is 1. The molecule has 0 bridgehead atoms. The van der Waals surface area contributed by atoms with Gasteiger partial charge in [0.05, 0.1) is 26.7 Å². The van der Waals surface area contributed by atoms with Crippen LogP contribution in [0.3, 0.4) is 0 Å². The third-order valence-electron chi connectivity index (χ3n) is 6.25. The Kier molecular flexibility index (Phi) is 17.6. The SMILES string of the molecule is CC(=O)Nc1ccc2c(O)c(N=Nc3cc(Nc4nc(F)nc(Nc5cccc(S(=O)(=O)[O-])c5)n4)ccc3S(=O)(=O)[O-])c(SOO[O-])cc2c1.[Na+].[Na+].[Na+]. The standard InChI is InChI=1S/C27H21FN8O11S3.3Na/c1-13(37)29-16-5-7-19-14(9-16)10-21(48-47-46-39)23(24(19)38)36-35-20-12-17(6-8-22(20)50(43,44)45)31-27-33-25(28)32-26(34-27)30-15-3-2-4-18(11-15)49(40,41)42;;;/h2-12,38-39H,1H3,(H,29,37)(H,40,41,42)(H,43,44,45)(H2,30,31,32,33,34);;;/q;3*+1/p-3. The molecule has 0 aliphatic heterocycles. The molecule has 19 nitrogen and oxygen atoms in total. The summed E-state index contributed by atoms with van der Waals surface area (Å²) in [6.45, 7) is 1.29. The maximum absolute atomic E-state index is 14.3. The van der Waals surface area contributed by atoms with Crippen LogP contribution in [0.2, 0.25) is 0 Å². The number of hydrogen-bond acceptors (Lipinski definition) is 19. The molecule has 0 unspecified atom stereocenters. The van der Waals surface area contributed by atoms with E-state index in [9.17, 15) is 45.5 Å². The van der Waals surface area contributed by atoms with Crippen molar-refractivity contribution in [1.82, 2.24) is 15.0 Å². The predicted octanol–water partition coefficient (Wildman–Crippen LogP) is -5.22. The zero-order valence-corrected chi connectivity index (χ0v) is 36.2. The van der Waals surface area contributed by atoms with Crippen molar-refractivity contribution in [3.05, 3.63) is 72.8 Å². The maximum atomic E-state index is 14.3. The van der Waals surface area contributed by atoms with Crippen molar-refractivity contribution in [2.75, 3.05) is 16.0 Å². The number of aromatic hydroxyl groups is 1. The molecule has 4 aromatic carbocycles. The minimum Gasteiger partial charge on any atom is -0.744 e. The molecule has 260 valence electrons. The molecule has 0 radical (unpaired) electrons. The number of carbonyl (C=O) groups is 1. The van der Waals surface area contributed by atoms with Crippen molar-refractivity contribution in [3.63, 3.8) is 0 Å². The van der Waals surface area contributed by atoms with Gasteiger partial charge >= 0.3 is 94.8 Å². The van der Waals surface area contributed by atoms with E-state index in [0.29, 0.717) is 23.1 Å². The summed E-state index contributed by atoms with van der Waals surface area (Å²) in [6, 6.07) is 13.4. The predicted molar refractivity (Wildman–Crippen MR) is 167 cm³/mol. The summed E-state index contributed by atoms with van der Waals surface area (Å²) < 4.78 is 88.9. The quantitative estimate of drug-likeness (QED) is 0.0229. The number of benzene rings is 4. The van der Waals surface area contributed by atoms with E-state index in [1.165, 1.54) is 43.3 Å². The van der Waals surface area contributed by atoms with Gasteiger partial charge < -0.3 is 35.4 Å². The topological polar surface area (TPSA) is 293 Å². The molecular formula is C27H18FN8Na3O11S3. The molecule has 0 atom stereocenters. The van der Waals surface area contributed by atoms with Crippen LogP contribution in [0.4, 0.5) is 44.7 Å². The Balaban J connectivity index is 0.00000324. The van der Waals surface area contributed by atoms with Crippen LogP contribution in [0, 0.1) is 6.08 Å². The Bertz CT molecular complexity index is 2400. The fourth-order valence-corrected chi connectivity index (χ4v) is 5.88. The Labute approximate surface area is 370 Å². The van der Waals surface area contributed by atoms with Crippen molar-refractivity contribution in [1.29, 1.82) is 0 Å². The average molecular weight is 815 g/mol. The van der Waals surface area contributed by atoms with Gasteiger partial charge in [0.2, 0.25) is 17.8 Å². The van der Waals surface area contributed by atoms with Crippen molar-refractivity contribution in [2.45, 2.75) is 21.6 Å². The molecule has 1 aromatic heterocycles. The number of rotatable bonds is 12. The van der Waals surface area contributed by atoms with Gasteiger partial charge in [-0.25, -0.2) is 16.8 Å². The van der Waals surface area contributed by atoms with Gasteiger partial charge in [0.25, 0.3) is 0 Å². The number of nitrogens with one attached hydrogen (secondary N) is 3. The molecule has 26 heteroatoms. The van der Waals surface area contributed by atoms with E-state index >= 15 is 0 Å². The summed E-state index contributed by atoms with van der Waals surface area (Å²) >= 11 is 0.313. The number of fused-ring (bicyclic) bond motifs is 1. The number of aromatic nitrogens is 3. The Morgan fingerprint density at radius 3 is 2.09 bits per heavy atom. The minimum absolute atomic E-state index is 0. The molecule has 1 heterocycles. The van der Waals surface area contributed by atoms with Crippen LogP contribution in [0.5, 0.6) is 5.75 Å². The summed E-state index contributed by atoms with van der Waals surface area (Å²) in [5.41, 5.74) is -0.570. The number of amides is 1. The van der Waals surface area contributed by atoms with E-state index in [-0.39, 0.29) is 122 Å². The molecule has 5 aromatic rings. The summed E-state index contributed by atoms with van der Waals surface area (Å²) in [5, 5.41) is 40.9. The van der Waals surface area contributed by atoms with E-state index in [4.69, 9.17) is 0 Å². The van der Waals surface area contributed by atoms with Gasteiger partial charge in [-0.3, -0.25) is 9.83 Å². The van der Waals surface area contributed by atoms with Crippen molar-refractivity contribution in [2.24, 2.45) is 10.2 Å². The number of halogens is 1. The molecule has 0 saturated heterocycles. The molecule has 5 rings (SSSR count). The second-order valence-electron chi connectivity index (χ2n) is 9.73. The molecule has 1 amide bonds. The minimum atomic E-state index is -5.17. The smallest absolute Gasteiger partial charge is 0.744 e. The first-order chi connectivity index (χ1) is 23.6. The van der Waals surface area contributed by atoms with Crippen molar-refractivity contribution < 1.29 is 144 Å². The van der Waals surface area contributed by atoms with E-state index in [1.54, 1.807) is 0 Å². The van der Waals surface area contributed by atoms with Gasteiger partial charge in [0.15, 0.2) is 5.75 Å². The van der Waals surface area contributed by atoms with Crippen LogP contribution in [-0.2, 0) is 34.4 Å². The number of anilines is 5. The zero-order valence-electron chi connectivity index (χ0n) is 27.7. The molecule has 53 heavy (non-hydrogen) atoms. The van der Waals surface area contributed by atoms with Crippen molar-refractivity contribution in [3.8, 4) is 5.75 Å². The second kappa shape index (κ2) is 20.0. The van der Waals surface area contributed by atoms with Gasteiger partial charge in [-0.05, 0) is 66.0 Å². The third-order valence-corrected chi connectivity index (χ3v) is 8.58. The second-order valence-corrected chi connectivity index (χ2v) is 13.2. The first-order valence-electron chi connectivity index (χ1n) is 13.3. The van der Waals surface area contributed by atoms with Crippen LogP contribution in [-0.4, -0.2) is 51.9 Å². The Morgan fingerprint density at radius 1 is 0.849 bits per heavy atom. The summed E-state index contributed by atoms with van der Waals surface area (Å²) in [5.74, 6) is -1.76. The van der Waals surface area contributed by atoms with Gasteiger partial charge in [0.1, 0.15) is 31.6 Å². The van der Waals surface area contributed by atoms with Gasteiger partial charge in [-0.15, -0.1) is 10.2 Å². The molecular weight excluding hydrogens is 797 g/mol. The average Bonchev–Trinajstić information content (AvgIpc) is 3.02. The van der Waals surface area contributed by atoms with Gasteiger partial charge in [-0.2, -0.15) is 23.7 Å². The first kappa shape index (κ1) is 46.8. The third kappa shape index (κ3) is 12.6. The van der Waals surface area contributed by atoms with E-state index in [1.807, 2.05) is 0 Å². The van der Waals surface area contributed by atoms with Crippen LogP contribution in [0.25, 0.3) is 10.8 Å². The van der Waals surface area contributed by atoms with Gasteiger partial charge in [-0.1, -0.05) is 6.07 Å². The number of carbonyl (C=O) groups excluding carboxylic acids is 1. The largest absolute Gasteiger partial charge is 1.00 e. The Hall–Kier alpha value is -2.40. The maximum Gasteiger partial charge on any atom is 1.00 e. The van der Waals surface area contributed by atoms with Crippen molar-refractivity contribution >= 4 is 89.3 Å².